The largest absolute Gasteiger partial charge is 0.207 e. The van der Waals surface area contributed by atoms with E-state index in [1.54, 1.807) is 0 Å². The van der Waals surface area contributed by atoms with Gasteiger partial charge in [0, 0.05) is 17.2 Å². The summed E-state index contributed by atoms with van der Waals surface area (Å²) in [4.78, 5) is 0. The first-order chi connectivity index (χ1) is 7.73. The lowest BCUT2D eigenvalue weighted by atomic mass is 9.93. The van der Waals surface area contributed by atoms with Crippen molar-refractivity contribution in [2.24, 2.45) is 13.0 Å². The van der Waals surface area contributed by atoms with Gasteiger partial charge in [-0.25, -0.2) is 4.57 Å². The maximum Gasteiger partial charge on any atom is 0.173 e. The Morgan fingerprint density at radius 2 is 1.88 bits per heavy atom. The first-order valence-corrected chi connectivity index (χ1v) is 6.15. The predicted molar refractivity (Wildman–Crippen MR) is 67.5 cm³/mol. The molecule has 1 rings (SSSR count). The van der Waals surface area contributed by atoms with Crippen molar-refractivity contribution in [3.05, 3.63) is 30.1 Å². The second-order valence-electron chi connectivity index (χ2n) is 5.99. The van der Waals surface area contributed by atoms with Gasteiger partial charge in [0.25, 0.3) is 0 Å². The highest BCUT2D eigenvalue weighted by atomic mass is 16.5. The molecule has 1 atom stereocenters. The summed E-state index contributed by atoms with van der Waals surface area (Å²) >= 11 is 0. The Balaban J connectivity index is 3.10. The summed E-state index contributed by atoms with van der Waals surface area (Å²) in [6.45, 7) is 10.1. The molecular weight excluding hydrogens is 212 g/mol. The summed E-state index contributed by atoms with van der Waals surface area (Å²) in [5.41, 5.74) is 0.707. The SMILES string of the molecule is CC(C)C(c1ccc[n+](C)c1)N([O])C(C)(C)C. The first kappa shape index (κ1) is 14.1. The lowest BCUT2D eigenvalue weighted by Crippen LogP contribution is -2.43. The van der Waals surface area contributed by atoms with Crippen LogP contribution in [0.3, 0.4) is 0 Å². The zero-order chi connectivity index (χ0) is 13.2. The van der Waals surface area contributed by atoms with E-state index in [-0.39, 0.29) is 17.5 Å². The average molecular weight is 236 g/mol. The molecule has 1 radical (unpaired) electrons. The van der Waals surface area contributed by atoms with E-state index in [1.807, 2.05) is 56.9 Å². The minimum Gasteiger partial charge on any atom is -0.207 e. The number of aromatic nitrogens is 1. The molecule has 1 heterocycles. The van der Waals surface area contributed by atoms with E-state index >= 15 is 0 Å². The van der Waals surface area contributed by atoms with Crippen LogP contribution in [0.1, 0.15) is 46.2 Å². The van der Waals surface area contributed by atoms with Crippen molar-refractivity contribution in [2.45, 2.75) is 46.2 Å². The summed E-state index contributed by atoms with van der Waals surface area (Å²) in [6.07, 6.45) is 4.01. The Hall–Kier alpha value is -0.930. The van der Waals surface area contributed by atoms with E-state index in [4.69, 9.17) is 0 Å². The summed E-state index contributed by atoms with van der Waals surface area (Å²) in [5, 5.41) is 13.6. The van der Waals surface area contributed by atoms with Crippen molar-refractivity contribution in [1.82, 2.24) is 5.06 Å². The van der Waals surface area contributed by atoms with Crippen LogP contribution in [0.4, 0.5) is 0 Å². The quantitative estimate of drug-likeness (QED) is 0.585. The van der Waals surface area contributed by atoms with Crippen LogP contribution in [-0.4, -0.2) is 10.6 Å². The van der Waals surface area contributed by atoms with E-state index in [0.29, 0.717) is 0 Å². The number of aryl methyl sites for hydroxylation is 1. The van der Waals surface area contributed by atoms with Crippen molar-refractivity contribution in [1.29, 1.82) is 0 Å². The molecule has 1 aromatic heterocycles. The van der Waals surface area contributed by atoms with Crippen LogP contribution in [-0.2, 0) is 12.3 Å². The van der Waals surface area contributed by atoms with Crippen molar-refractivity contribution in [2.75, 3.05) is 0 Å². The molecule has 0 bridgehead atoms. The van der Waals surface area contributed by atoms with Gasteiger partial charge in [0.1, 0.15) is 7.05 Å². The highest BCUT2D eigenvalue weighted by molar-refractivity contribution is 5.12. The van der Waals surface area contributed by atoms with Crippen LogP contribution in [0, 0.1) is 5.92 Å². The predicted octanol–water partition coefficient (Wildman–Crippen LogP) is 2.65. The zero-order valence-electron chi connectivity index (χ0n) is 11.8. The van der Waals surface area contributed by atoms with Gasteiger partial charge in [0.2, 0.25) is 0 Å². The van der Waals surface area contributed by atoms with Gasteiger partial charge in [-0.3, -0.25) is 0 Å². The Labute approximate surface area is 105 Å². The van der Waals surface area contributed by atoms with Crippen LogP contribution in [0.2, 0.25) is 0 Å². The van der Waals surface area contributed by atoms with E-state index < -0.39 is 0 Å². The smallest absolute Gasteiger partial charge is 0.173 e. The van der Waals surface area contributed by atoms with Crippen molar-refractivity contribution in [3.8, 4) is 0 Å². The fraction of sp³-hybridized carbons (Fsp3) is 0.643. The Bertz CT molecular complexity index is 369. The van der Waals surface area contributed by atoms with Gasteiger partial charge < -0.3 is 0 Å². The number of hydroxylamine groups is 2. The number of rotatable bonds is 3. The maximum atomic E-state index is 12.4. The Morgan fingerprint density at radius 3 is 2.29 bits per heavy atom. The van der Waals surface area contributed by atoms with Crippen LogP contribution in [0.5, 0.6) is 0 Å². The van der Waals surface area contributed by atoms with Gasteiger partial charge in [-0.05, 0) is 32.8 Å². The van der Waals surface area contributed by atoms with Crippen LogP contribution < -0.4 is 4.57 Å². The van der Waals surface area contributed by atoms with E-state index in [2.05, 4.69) is 13.8 Å². The molecule has 0 N–H and O–H groups in total. The molecule has 0 aliphatic rings. The third-order valence-corrected chi connectivity index (χ3v) is 2.85. The molecular formula is C14H24N2O+. The van der Waals surface area contributed by atoms with Gasteiger partial charge >= 0.3 is 0 Å². The van der Waals surface area contributed by atoms with E-state index in [9.17, 15) is 5.21 Å². The molecule has 95 valence electrons. The minimum absolute atomic E-state index is 0.0950. The maximum absolute atomic E-state index is 12.4. The minimum atomic E-state index is -0.372. The van der Waals surface area contributed by atoms with E-state index in [0.717, 1.165) is 5.56 Å². The van der Waals surface area contributed by atoms with Crippen LogP contribution in [0.25, 0.3) is 0 Å². The number of pyridine rings is 1. The molecule has 1 unspecified atom stereocenters. The normalized spacial score (nSPS) is 14.4. The third-order valence-electron chi connectivity index (χ3n) is 2.85. The Kier molecular flexibility index (Phi) is 4.28. The number of hydrogen-bond donors (Lipinski definition) is 0. The van der Waals surface area contributed by atoms with Crippen LogP contribution >= 0.6 is 0 Å². The molecule has 0 aromatic carbocycles. The number of hydrogen-bond acceptors (Lipinski definition) is 1. The van der Waals surface area contributed by atoms with Gasteiger partial charge in [0.05, 0.1) is 6.04 Å². The summed E-state index contributed by atoms with van der Waals surface area (Å²) in [5.74, 6) is 0.286. The molecule has 17 heavy (non-hydrogen) atoms. The summed E-state index contributed by atoms with van der Waals surface area (Å²) in [6, 6.07) is 3.92. The second-order valence-corrected chi connectivity index (χ2v) is 5.99. The molecule has 0 fully saturated rings. The lowest BCUT2D eigenvalue weighted by molar-refractivity contribution is -0.672. The molecule has 0 saturated carbocycles. The highest BCUT2D eigenvalue weighted by Gasteiger charge is 2.33. The topological polar surface area (TPSA) is 27.0 Å². The third kappa shape index (κ3) is 3.51. The lowest BCUT2D eigenvalue weighted by Gasteiger charge is -2.36. The van der Waals surface area contributed by atoms with E-state index in [1.165, 1.54) is 5.06 Å². The van der Waals surface area contributed by atoms with Crippen molar-refractivity contribution in [3.63, 3.8) is 0 Å². The van der Waals surface area contributed by atoms with Crippen LogP contribution in [0.15, 0.2) is 24.5 Å². The second kappa shape index (κ2) is 5.15. The molecule has 3 heteroatoms. The molecule has 0 aliphatic heterocycles. The Morgan fingerprint density at radius 1 is 1.29 bits per heavy atom. The summed E-state index contributed by atoms with van der Waals surface area (Å²) < 4.78 is 1.99. The van der Waals surface area contributed by atoms with Crippen molar-refractivity contribution >= 4 is 0 Å². The fourth-order valence-electron chi connectivity index (χ4n) is 1.99. The molecule has 3 nitrogen and oxygen atoms in total. The van der Waals surface area contributed by atoms with Gasteiger partial charge in [-0.2, -0.15) is 0 Å². The molecule has 0 aliphatic carbocycles. The van der Waals surface area contributed by atoms with Gasteiger partial charge in [0.15, 0.2) is 12.4 Å². The standard InChI is InChI=1S/C14H24N2O/c1-11(2)13(16(17)14(3,4)5)12-8-7-9-15(6)10-12/h7-11,13H,1-6H3/q+1. The van der Waals surface area contributed by atoms with Gasteiger partial charge in [-0.1, -0.05) is 13.8 Å². The average Bonchev–Trinajstić information content (AvgIpc) is 2.15. The monoisotopic (exact) mass is 236 g/mol. The summed E-state index contributed by atoms with van der Waals surface area (Å²) in [7, 11) is 1.98. The highest BCUT2D eigenvalue weighted by Crippen LogP contribution is 2.31. The first-order valence-electron chi connectivity index (χ1n) is 6.15. The molecule has 0 amide bonds. The van der Waals surface area contributed by atoms with Gasteiger partial charge in [-0.15, -0.1) is 10.3 Å². The molecule has 1 aromatic rings. The number of nitrogens with zero attached hydrogens (tertiary/aromatic N) is 2. The molecule has 0 saturated heterocycles. The zero-order valence-corrected chi connectivity index (χ0v) is 11.8. The fourth-order valence-corrected chi connectivity index (χ4v) is 1.99. The van der Waals surface area contributed by atoms with Crippen molar-refractivity contribution < 1.29 is 9.77 Å². The molecule has 0 spiro atoms.